The van der Waals surface area contributed by atoms with Gasteiger partial charge in [0.15, 0.2) is 5.78 Å². The summed E-state index contributed by atoms with van der Waals surface area (Å²) in [4.78, 5) is 29.2. The number of alkyl halides is 3. The molecule has 1 saturated heterocycles. The molecular formula is C39H40F3NO3. The van der Waals surface area contributed by atoms with Crippen LogP contribution in [0.3, 0.4) is 0 Å². The van der Waals surface area contributed by atoms with Crippen molar-refractivity contribution in [3.8, 4) is 0 Å². The Labute approximate surface area is 268 Å². The molecule has 1 fully saturated rings. The minimum Gasteiger partial charge on any atom is -0.393 e. The number of carbonyl (C=O) groups is 2. The van der Waals surface area contributed by atoms with Crippen LogP contribution < -0.4 is 0 Å². The largest absolute Gasteiger partial charge is 0.416 e. The molecule has 1 amide bonds. The number of likely N-dealkylation sites (tertiary alicyclic amines) is 1. The molecule has 0 saturated carbocycles. The fraction of sp³-hybridized carbons (Fsp3) is 0.333. The molecule has 1 N–H and O–H groups in total. The van der Waals surface area contributed by atoms with Crippen LogP contribution in [0.2, 0.25) is 0 Å². The fourth-order valence-corrected chi connectivity index (χ4v) is 6.41. The van der Waals surface area contributed by atoms with Crippen LogP contribution in [0.1, 0.15) is 86.7 Å². The Morgan fingerprint density at radius 3 is 2.30 bits per heavy atom. The highest BCUT2D eigenvalue weighted by atomic mass is 19.4. The van der Waals surface area contributed by atoms with E-state index in [0.29, 0.717) is 48.9 Å². The highest BCUT2D eigenvalue weighted by molar-refractivity contribution is 6.01. The maximum atomic E-state index is 13.7. The van der Waals surface area contributed by atoms with E-state index >= 15 is 0 Å². The van der Waals surface area contributed by atoms with Gasteiger partial charge in [0.05, 0.1) is 17.7 Å². The van der Waals surface area contributed by atoms with Gasteiger partial charge in [0.1, 0.15) is 0 Å². The van der Waals surface area contributed by atoms with Crippen molar-refractivity contribution < 1.29 is 27.9 Å². The third-order valence-corrected chi connectivity index (χ3v) is 8.96. The Morgan fingerprint density at radius 2 is 1.57 bits per heavy atom. The molecule has 4 aromatic rings. The van der Waals surface area contributed by atoms with Gasteiger partial charge in [0.25, 0.3) is 5.91 Å². The van der Waals surface area contributed by atoms with Gasteiger partial charge in [-0.25, -0.2) is 0 Å². The Morgan fingerprint density at radius 1 is 0.870 bits per heavy atom. The lowest BCUT2D eigenvalue weighted by atomic mass is 9.85. The van der Waals surface area contributed by atoms with Crippen LogP contribution in [0.15, 0.2) is 103 Å². The molecule has 1 unspecified atom stereocenters. The number of carbonyl (C=O) groups excluding carboxylic acids is 2. The van der Waals surface area contributed by atoms with Gasteiger partial charge in [0.2, 0.25) is 0 Å². The summed E-state index contributed by atoms with van der Waals surface area (Å²) in [6, 6.07) is 30.0. The molecule has 0 aliphatic carbocycles. The van der Waals surface area contributed by atoms with Crippen LogP contribution >= 0.6 is 0 Å². The standard InChI is InChI=1S/C39H40F3NO3/c1-27-18-20-30(21-19-27)35-16-8-22-43(35)38(46)32-14-7-13-31(25-32)37(45)26-33(23-28-9-3-2-4-10-28)36(44)17-6-12-29-11-5-15-34(24-29)39(40,41)42/h2-5,7,9-11,13-15,18-21,24-25,33,35-36,44H,6,8,12,16-17,22-23,26H2,1H3/t33-,35?,36-/m1/s1. The fourth-order valence-electron chi connectivity index (χ4n) is 6.41. The van der Waals surface area contributed by atoms with Crippen LogP contribution in [0.4, 0.5) is 13.2 Å². The van der Waals surface area contributed by atoms with E-state index in [1.165, 1.54) is 6.07 Å². The van der Waals surface area contributed by atoms with Gasteiger partial charge in [-0.15, -0.1) is 0 Å². The zero-order valence-electron chi connectivity index (χ0n) is 26.0. The molecule has 4 nitrogen and oxygen atoms in total. The Balaban J connectivity index is 1.27. The van der Waals surface area contributed by atoms with Gasteiger partial charge in [0, 0.05) is 24.1 Å². The first kappa shape index (κ1) is 33.1. The number of aryl methyl sites for hydroxylation is 2. The van der Waals surface area contributed by atoms with Gasteiger partial charge in [-0.3, -0.25) is 9.59 Å². The van der Waals surface area contributed by atoms with E-state index in [4.69, 9.17) is 0 Å². The average Bonchev–Trinajstić information content (AvgIpc) is 3.55. The van der Waals surface area contributed by atoms with Crippen molar-refractivity contribution >= 4 is 11.7 Å². The number of ketones is 1. The van der Waals surface area contributed by atoms with E-state index in [0.717, 1.165) is 41.7 Å². The first-order valence-electron chi connectivity index (χ1n) is 16.0. The quantitative estimate of drug-likeness (QED) is 0.160. The second-order valence-corrected chi connectivity index (χ2v) is 12.4. The predicted octanol–water partition coefficient (Wildman–Crippen LogP) is 8.81. The van der Waals surface area contributed by atoms with E-state index in [1.807, 2.05) is 42.2 Å². The average molecular weight is 628 g/mol. The maximum absolute atomic E-state index is 13.7. The summed E-state index contributed by atoms with van der Waals surface area (Å²) < 4.78 is 39.4. The van der Waals surface area contributed by atoms with Crippen molar-refractivity contribution in [2.45, 2.75) is 70.2 Å². The van der Waals surface area contributed by atoms with Crippen molar-refractivity contribution in [2.24, 2.45) is 5.92 Å². The second kappa shape index (κ2) is 14.9. The monoisotopic (exact) mass is 627 g/mol. The highest BCUT2D eigenvalue weighted by Crippen LogP contribution is 2.34. The first-order chi connectivity index (χ1) is 22.1. The molecule has 46 heavy (non-hydrogen) atoms. The summed E-state index contributed by atoms with van der Waals surface area (Å²) in [6.45, 7) is 2.69. The third-order valence-electron chi connectivity index (χ3n) is 8.96. The normalized spacial score (nSPS) is 16.3. The highest BCUT2D eigenvalue weighted by Gasteiger charge is 2.32. The van der Waals surface area contributed by atoms with Crippen molar-refractivity contribution in [1.82, 2.24) is 4.90 Å². The molecule has 0 bridgehead atoms. The van der Waals surface area contributed by atoms with Crippen molar-refractivity contribution in [3.05, 3.63) is 142 Å². The molecule has 0 aromatic heterocycles. The van der Waals surface area contributed by atoms with Crippen LogP contribution in [0, 0.1) is 12.8 Å². The predicted molar refractivity (Wildman–Crippen MR) is 174 cm³/mol. The summed E-state index contributed by atoms with van der Waals surface area (Å²) in [5.74, 6) is -0.669. The number of benzene rings is 4. The van der Waals surface area contributed by atoms with Crippen LogP contribution in [0.25, 0.3) is 0 Å². The lowest BCUT2D eigenvalue weighted by Gasteiger charge is -2.26. The van der Waals surface area contributed by atoms with E-state index < -0.39 is 23.8 Å². The first-order valence-corrected chi connectivity index (χ1v) is 16.0. The van der Waals surface area contributed by atoms with E-state index in [1.54, 1.807) is 30.3 Å². The molecule has 1 aliphatic heterocycles. The van der Waals surface area contributed by atoms with Gasteiger partial charge in [-0.2, -0.15) is 13.2 Å². The van der Waals surface area contributed by atoms with Crippen molar-refractivity contribution in [1.29, 1.82) is 0 Å². The van der Waals surface area contributed by atoms with Crippen molar-refractivity contribution in [2.75, 3.05) is 6.54 Å². The maximum Gasteiger partial charge on any atom is 0.416 e. The number of halogens is 3. The van der Waals surface area contributed by atoms with Crippen molar-refractivity contribution in [3.63, 3.8) is 0 Å². The minimum atomic E-state index is -4.41. The Kier molecular flexibility index (Phi) is 10.7. The lowest BCUT2D eigenvalue weighted by Crippen LogP contribution is -2.30. The summed E-state index contributed by atoms with van der Waals surface area (Å²) in [7, 11) is 0. The van der Waals surface area contributed by atoms with Gasteiger partial charge < -0.3 is 10.0 Å². The molecule has 4 aromatic carbocycles. The number of nitrogens with zero attached hydrogens (tertiary/aromatic N) is 1. The molecule has 0 spiro atoms. The molecule has 3 atom stereocenters. The summed E-state index contributed by atoms with van der Waals surface area (Å²) in [6.07, 6.45) is -1.68. The van der Waals surface area contributed by atoms with Crippen LogP contribution in [0.5, 0.6) is 0 Å². The number of hydrogen-bond donors (Lipinski definition) is 1. The number of aliphatic hydroxyl groups excluding tert-OH is 1. The Hall–Kier alpha value is -4.23. The second-order valence-electron chi connectivity index (χ2n) is 12.4. The number of aliphatic hydroxyl groups is 1. The molecule has 5 rings (SSSR count). The minimum absolute atomic E-state index is 0.00575. The van der Waals surface area contributed by atoms with E-state index in [9.17, 15) is 27.9 Å². The summed E-state index contributed by atoms with van der Waals surface area (Å²) in [5, 5.41) is 11.3. The zero-order valence-corrected chi connectivity index (χ0v) is 26.0. The molecule has 7 heteroatoms. The number of rotatable bonds is 12. The lowest BCUT2D eigenvalue weighted by molar-refractivity contribution is -0.137. The number of amides is 1. The topological polar surface area (TPSA) is 57.6 Å². The molecule has 240 valence electrons. The van der Waals surface area contributed by atoms with Gasteiger partial charge in [-0.05, 0) is 86.3 Å². The van der Waals surface area contributed by atoms with E-state index in [2.05, 4.69) is 24.3 Å². The molecule has 1 heterocycles. The van der Waals surface area contributed by atoms with E-state index in [-0.39, 0.29) is 24.2 Å². The smallest absolute Gasteiger partial charge is 0.393 e. The van der Waals surface area contributed by atoms with Crippen LogP contribution in [-0.2, 0) is 19.0 Å². The number of Topliss-reactive ketones (excluding diaryl/α,β-unsaturated/α-hetero) is 1. The SMILES string of the molecule is Cc1ccc(C2CCCN2C(=O)c2cccc(C(=O)C[C@@H](Cc3ccccc3)[C@H](O)CCCc3cccc(C(F)(F)F)c3)c2)cc1. The van der Waals surface area contributed by atoms with Gasteiger partial charge in [-0.1, -0.05) is 90.5 Å². The van der Waals surface area contributed by atoms with Crippen LogP contribution in [-0.4, -0.2) is 34.3 Å². The third kappa shape index (κ3) is 8.52. The number of hydrogen-bond acceptors (Lipinski definition) is 3. The molecular weight excluding hydrogens is 587 g/mol. The zero-order chi connectivity index (χ0) is 32.7. The van der Waals surface area contributed by atoms with Gasteiger partial charge >= 0.3 is 6.18 Å². The Bertz CT molecular complexity index is 1620. The summed E-state index contributed by atoms with van der Waals surface area (Å²) >= 11 is 0. The molecule has 1 aliphatic rings. The molecule has 0 radical (unpaired) electrons. The summed E-state index contributed by atoms with van der Waals surface area (Å²) in [5.41, 5.74) is 4.01.